The van der Waals surface area contributed by atoms with E-state index in [9.17, 15) is 9.59 Å². The van der Waals surface area contributed by atoms with Gasteiger partial charge >= 0.3 is 0 Å². The number of carbonyl (C=O) groups excluding carboxylic acids is 2. The maximum atomic E-state index is 12.1. The molecule has 0 bridgehead atoms. The summed E-state index contributed by atoms with van der Waals surface area (Å²) in [6.07, 6.45) is 2.26. The second kappa shape index (κ2) is 6.43. The minimum Gasteiger partial charge on any atom is -0.439 e. The molecular weight excluding hydrogens is 296 g/mol. The van der Waals surface area contributed by atoms with Crippen molar-refractivity contribution in [3.05, 3.63) is 42.4 Å². The van der Waals surface area contributed by atoms with Crippen LogP contribution in [0.25, 0.3) is 11.3 Å². The van der Waals surface area contributed by atoms with Crippen LogP contribution >= 0.6 is 0 Å². The zero-order valence-electron chi connectivity index (χ0n) is 12.7. The Hall–Kier alpha value is -2.96. The quantitative estimate of drug-likeness (QED) is 0.928. The van der Waals surface area contributed by atoms with Crippen LogP contribution in [0.1, 0.15) is 18.7 Å². The summed E-state index contributed by atoms with van der Waals surface area (Å²) in [5.74, 6) is 0.652. The van der Waals surface area contributed by atoms with E-state index in [-0.39, 0.29) is 18.4 Å². The molecule has 0 saturated carbocycles. The van der Waals surface area contributed by atoms with E-state index < -0.39 is 0 Å². The van der Waals surface area contributed by atoms with Crippen LogP contribution < -0.4 is 5.32 Å². The largest absolute Gasteiger partial charge is 0.439 e. The molecule has 7 heteroatoms. The number of nitrogens with zero attached hydrogens (tertiary/aromatic N) is 3. The molecule has 0 unspecified atom stereocenters. The second-order valence-corrected chi connectivity index (χ2v) is 5.13. The van der Waals surface area contributed by atoms with Gasteiger partial charge in [-0.1, -0.05) is 30.3 Å². The molecule has 0 radical (unpaired) electrons. The van der Waals surface area contributed by atoms with Crippen LogP contribution in [0.15, 0.2) is 46.0 Å². The number of hydrogen-bond acceptors (Lipinski definition) is 5. The smallest absolute Gasteiger partial charge is 0.267 e. The second-order valence-electron chi connectivity index (χ2n) is 5.13. The van der Waals surface area contributed by atoms with Crippen molar-refractivity contribution in [1.29, 1.82) is 0 Å². The van der Waals surface area contributed by atoms with Crippen molar-refractivity contribution in [2.75, 3.05) is 7.05 Å². The Balaban J connectivity index is 1.61. The molecule has 1 aromatic heterocycles. The average Bonchev–Trinajstić information content (AvgIpc) is 3.05. The molecule has 2 aromatic rings. The summed E-state index contributed by atoms with van der Waals surface area (Å²) < 4.78 is 5.62. The number of rotatable bonds is 4. The van der Waals surface area contributed by atoms with Crippen molar-refractivity contribution < 1.29 is 14.0 Å². The standard InChI is InChI=1S/C16H16N4O3/c1-20-15(21)8-7-12(19-20)16(22)18-10-14-17-9-13(23-14)11-5-3-2-4-6-11/h2-6,9H,7-8,10H2,1H3,(H,18,22). The number of hydrogen-bond donors (Lipinski definition) is 1. The van der Waals surface area contributed by atoms with Crippen LogP contribution in [-0.4, -0.2) is 34.6 Å². The summed E-state index contributed by atoms with van der Waals surface area (Å²) in [4.78, 5) is 27.5. The SMILES string of the molecule is CN1N=C(C(=O)NCc2ncc(-c3ccccc3)o2)CCC1=O. The number of aromatic nitrogens is 1. The normalized spacial score (nSPS) is 14.6. The summed E-state index contributed by atoms with van der Waals surface area (Å²) in [6, 6.07) is 9.60. The Morgan fingerprint density at radius 1 is 1.30 bits per heavy atom. The molecule has 2 amide bonds. The molecule has 7 nitrogen and oxygen atoms in total. The molecule has 0 fully saturated rings. The fraction of sp³-hybridized carbons (Fsp3) is 0.250. The number of oxazole rings is 1. The maximum absolute atomic E-state index is 12.1. The fourth-order valence-electron chi connectivity index (χ4n) is 2.22. The number of benzene rings is 1. The van der Waals surface area contributed by atoms with E-state index in [4.69, 9.17) is 4.42 Å². The lowest BCUT2D eigenvalue weighted by Gasteiger charge is -2.18. The van der Waals surface area contributed by atoms with E-state index in [0.717, 1.165) is 5.56 Å². The van der Waals surface area contributed by atoms with Crippen molar-refractivity contribution in [3.8, 4) is 11.3 Å². The van der Waals surface area contributed by atoms with Crippen LogP contribution in [0.3, 0.4) is 0 Å². The van der Waals surface area contributed by atoms with Crippen molar-refractivity contribution in [1.82, 2.24) is 15.3 Å². The average molecular weight is 312 g/mol. The molecular formula is C16H16N4O3. The third-order valence-corrected chi connectivity index (χ3v) is 3.48. The molecule has 0 aliphatic carbocycles. The van der Waals surface area contributed by atoms with Gasteiger partial charge in [0.15, 0.2) is 5.76 Å². The highest BCUT2D eigenvalue weighted by atomic mass is 16.4. The number of hydrazone groups is 1. The van der Waals surface area contributed by atoms with E-state index in [2.05, 4.69) is 15.4 Å². The van der Waals surface area contributed by atoms with Crippen LogP contribution in [0.2, 0.25) is 0 Å². The third-order valence-electron chi connectivity index (χ3n) is 3.48. The Morgan fingerprint density at radius 2 is 2.09 bits per heavy atom. The Labute approximate surface area is 133 Å². The first-order valence-electron chi connectivity index (χ1n) is 7.26. The van der Waals surface area contributed by atoms with Gasteiger partial charge in [-0.05, 0) is 0 Å². The van der Waals surface area contributed by atoms with Gasteiger partial charge in [-0.15, -0.1) is 0 Å². The van der Waals surface area contributed by atoms with Crippen molar-refractivity contribution >= 4 is 17.5 Å². The molecule has 118 valence electrons. The van der Waals surface area contributed by atoms with E-state index in [1.54, 1.807) is 6.20 Å². The molecule has 0 atom stereocenters. The highest BCUT2D eigenvalue weighted by molar-refractivity contribution is 6.39. The first-order chi connectivity index (χ1) is 11.1. The molecule has 1 aliphatic rings. The van der Waals surface area contributed by atoms with Gasteiger partial charge < -0.3 is 9.73 Å². The molecule has 3 rings (SSSR count). The third kappa shape index (κ3) is 3.45. The molecule has 1 aromatic carbocycles. The lowest BCUT2D eigenvalue weighted by Crippen LogP contribution is -2.37. The topological polar surface area (TPSA) is 87.8 Å². The van der Waals surface area contributed by atoms with E-state index in [1.165, 1.54) is 12.1 Å². The molecule has 0 saturated heterocycles. The summed E-state index contributed by atoms with van der Waals surface area (Å²) in [6.45, 7) is 0.169. The van der Waals surface area contributed by atoms with Gasteiger partial charge in [0.2, 0.25) is 11.8 Å². The van der Waals surface area contributed by atoms with Gasteiger partial charge in [0, 0.05) is 25.5 Å². The molecule has 2 heterocycles. The first kappa shape index (κ1) is 15.0. The summed E-state index contributed by atoms with van der Waals surface area (Å²) in [7, 11) is 1.54. The fourth-order valence-corrected chi connectivity index (χ4v) is 2.22. The van der Waals surface area contributed by atoms with Gasteiger partial charge in [0.05, 0.1) is 12.7 Å². The minimum atomic E-state index is -0.316. The predicted octanol–water partition coefficient (Wildman–Crippen LogP) is 1.57. The Morgan fingerprint density at radius 3 is 2.83 bits per heavy atom. The number of carbonyl (C=O) groups is 2. The summed E-state index contributed by atoms with van der Waals surface area (Å²) in [5, 5.41) is 7.86. The van der Waals surface area contributed by atoms with Gasteiger partial charge in [-0.3, -0.25) is 9.59 Å². The van der Waals surface area contributed by atoms with Crippen molar-refractivity contribution in [2.24, 2.45) is 5.10 Å². The van der Waals surface area contributed by atoms with Crippen LogP contribution in [0.4, 0.5) is 0 Å². The van der Waals surface area contributed by atoms with Gasteiger partial charge in [-0.2, -0.15) is 5.10 Å². The van der Waals surface area contributed by atoms with Crippen molar-refractivity contribution in [3.63, 3.8) is 0 Å². The van der Waals surface area contributed by atoms with Crippen LogP contribution in [-0.2, 0) is 16.1 Å². The first-order valence-corrected chi connectivity index (χ1v) is 7.26. The molecule has 1 N–H and O–H groups in total. The predicted molar refractivity (Wildman–Crippen MR) is 83.2 cm³/mol. The zero-order valence-corrected chi connectivity index (χ0v) is 12.7. The van der Waals surface area contributed by atoms with Crippen LogP contribution in [0.5, 0.6) is 0 Å². The Kier molecular flexibility index (Phi) is 4.18. The highest BCUT2D eigenvalue weighted by Crippen LogP contribution is 2.19. The zero-order chi connectivity index (χ0) is 16.2. The summed E-state index contributed by atoms with van der Waals surface area (Å²) >= 11 is 0. The van der Waals surface area contributed by atoms with Crippen molar-refractivity contribution in [2.45, 2.75) is 19.4 Å². The number of nitrogens with one attached hydrogen (secondary N) is 1. The van der Waals surface area contributed by atoms with E-state index in [0.29, 0.717) is 30.2 Å². The monoisotopic (exact) mass is 312 g/mol. The number of amides is 2. The van der Waals surface area contributed by atoms with E-state index >= 15 is 0 Å². The lowest BCUT2D eigenvalue weighted by atomic mass is 10.1. The summed E-state index contributed by atoms with van der Waals surface area (Å²) in [5.41, 5.74) is 1.26. The minimum absolute atomic E-state index is 0.0956. The Bertz CT molecular complexity index is 752. The molecule has 23 heavy (non-hydrogen) atoms. The van der Waals surface area contributed by atoms with E-state index in [1.807, 2.05) is 30.3 Å². The van der Waals surface area contributed by atoms with Gasteiger partial charge in [-0.25, -0.2) is 9.99 Å². The maximum Gasteiger partial charge on any atom is 0.267 e. The molecule has 1 aliphatic heterocycles. The van der Waals surface area contributed by atoms with Crippen LogP contribution in [0, 0.1) is 0 Å². The lowest BCUT2D eigenvalue weighted by molar-refractivity contribution is -0.130. The van der Waals surface area contributed by atoms with Gasteiger partial charge in [0.1, 0.15) is 5.71 Å². The van der Waals surface area contributed by atoms with Gasteiger partial charge in [0.25, 0.3) is 5.91 Å². The highest BCUT2D eigenvalue weighted by Gasteiger charge is 2.22. The molecule has 0 spiro atoms.